The molecule has 80 valence electrons. The van der Waals surface area contributed by atoms with Crippen LogP contribution in [-0.2, 0) is 0 Å². The van der Waals surface area contributed by atoms with Crippen molar-refractivity contribution >= 4 is 15.9 Å². The number of hydrogen-bond donors (Lipinski definition) is 0. The third-order valence-corrected chi connectivity index (χ3v) is 1.84. The molecule has 0 radical (unpaired) electrons. The minimum atomic E-state index is -5.97. The average Bonchev–Trinajstić information content (AvgIpc) is 1.81. The summed E-state index contributed by atoms with van der Waals surface area (Å²) in [6.45, 7) is 0. The molecule has 0 bridgehead atoms. The summed E-state index contributed by atoms with van der Waals surface area (Å²) in [4.78, 5) is 0. The second kappa shape index (κ2) is 3.25. The molecule has 0 aromatic carbocycles. The number of alkyl halides is 9. The second-order valence-corrected chi connectivity index (χ2v) is 3.18. The summed E-state index contributed by atoms with van der Waals surface area (Å²) in [5.74, 6) is 0. The Hall–Kier alpha value is -0.0800. The first-order chi connectivity index (χ1) is 5.40. The van der Waals surface area contributed by atoms with E-state index in [0.717, 1.165) is 15.9 Å². The van der Waals surface area contributed by atoms with Crippen LogP contribution in [0.25, 0.3) is 0 Å². The van der Waals surface area contributed by atoms with Crippen molar-refractivity contribution in [1.82, 2.24) is 0 Å². The molecule has 0 aliphatic rings. The van der Waals surface area contributed by atoms with Crippen molar-refractivity contribution in [2.75, 3.05) is 0 Å². The SMILES string of the molecule is FC(C(F)(F)F)C(F)(Br)C(F)(F)F. The Kier molecular flexibility index (Phi) is 3.23. The van der Waals surface area contributed by atoms with E-state index in [9.17, 15) is 35.1 Å². The Bertz CT molecular complexity index is 178. The lowest BCUT2D eigenvalue weighted by Gasteiger charge is -2.26. The lowest BCUT2D eigenvalue weighted by molar-refractivity contribution is -0.268. The van der Waals surface area contributed by atoms with E-state index in [2.05, 4.69) is 0 Å². The quantitative estimate of drug-likeness (QED) is 0.509. The van der Waals surface area contributed by atoms with Crippen molar-refractivity contribution in [2.45, 2.75) is 23.1 Å². The second-order valence-electron chi connectivity index (χ2n) is 2.02. The zero-order valence-corrected chi connectivity index (χ0v) is 7.07. The van der Waals surface area contributed by atoms with Gasteiger partial charge in [-0.05, 0) is 15.9 Å². The first-order valence-electron chi connectivity index (χ1n) is 2.56. The summed E-state index contributed by atoms with van der Waals surface area (Å²) < 4.78 is 87.3. The fraction of sp³-hybridized carbons (Fsp3) is 1.00. The molecule has 0 fully saturated rings. The van der Waals surface area contributed by atoms with Crippen LogP contribution in [0.4, 0.5) is 35.1 Å². The zero-order valence-electron chi connectivity index (χ0n) is 5.48. The molecule has 0 aromatic rings. The maximum Gasteiger partial charge on any atom is 0.436 e. The van der Waals surface area contributed by atoms with Gasteiger partial charge < -0.3 is 0 Å². The van der Waals surface area contributed by atoms with Crippen LogP contribution in [-0.4, -0.2) is 23.1 Å². The van der Waals surface area contributed by atoms with Gasteiger partial charge in [-0.25, -0.2) is 8.78 Å². The standard InChI is InChI=1S/C4HBrF8/c5-2(7,4(11,12)13)1(6)3(8,9)10/h1H. The van der Waals surface area contributed by atoms with E-state index in [1.54, 1.807) is 0 Å². The largest absolute Gasteiger partial charge is 0.436 e. The molecule has 0 nitrogen and oxygen atoms in total. The highest BCUT2D eigenvalue weighted by molar-refractivity contribution is 9.10. The number of rotatable bonds is 1. The molecule has 0 rings (SSSR count). The fourth-order valence-electron chi connectivity index (χ4n) is 0.349. The predicted octanol–water partition coefficient (Wildman–Crippen LogP) is 3.51. The van der Waals surface area contributed by atoms with E-state index in [-0.39, 0.29) is 0 Å². The van der Waals surface area contributed by atoms with Crippen LogP contribution in [0.1, 0.15) is 0 Å². The van der Waals surface area contributed by atoms with Gasteiger partial charge in [0.05, 0.1) is 0 Å². The average molecular weight is 281 g/mol. The van der Waals surface area contributed by atoms with Crippen molar-refractivity contribution in [3.05, 3.63) is 0 Å². The summed E-state index contributed by atoms with van der Waals surface area (Å²) in [6, 6.07) is 0. The van der Waals surface area contributed by atoms with Gasteiger partial charge in [0.2, 0.25) is 6.17 Å². The first-order valence-corrected chi connectivity index (χ1v) is 3.35. The van der Waals surface area contributed by atoms with Gasteiger partial charge in [0.25, 0.3) is 4.58 Å². The molecule has 0 aromatic heterocycles. The highest BCUT2D eigenvalue weighted by Crippen LogP contribution is 2.47. The molecular formula is C4HBrF8. The topological polar surface area (TPSA) is 0 Å². The van der Waals surface area contributed by atoms with Crippen LogP contribution in [0.2, 0.25) is 0 Å². The smallest absolute Gasteiger partial charge is 0.232 e. The van der Waals surface area contributed by atoms with Gasteiger partial charge in [0.1, 0.15) is 0 Å². The molecule has 0 aliphatic carbocycles. The molecule has 13 heavy (non-hydrogen) atoms. The van der Waals surface area contributed by atoms with Crippen LogP contribution < -0.4 is 0 Å². The van der Waals surface area contributed by atoms with Gasteiger partial charge in [-0.1, -0.05) is 0 Å². The summed E-state index contributed by atoms with van der Waals surface area (Å²) in [5, 5.41) is 0. The van der Waals surface area contributed by atoms with E-state index in [1.165, 1.54) is 0 Å². The van der Waals surface area contributed by atoms with Gasteiger partial charge in [-0.3, -0.25) is 0 Å². The lowest BCUT2D eigenvalue weighted by atomic mass is 10.2. The summed E-state index contributed by atoms with van der Waals surface area (Å²) in [6.07, 6.45) is -16.5. The normalized spacial score (nSPS) is 21.0. The molecule has 0 amide bonds. The van der Waals surface area contributed by atoms with Gasteiger partial charge in [0.15, 0.2) is 0 Å². The fourth-order valence-corrected chi connectivity index (χ4v) is 0.609. The van der Waals surface area contributed by atoms with Gasteiger partial charge >= 0.3 is 12.4 Å². The van der Waals surface area contributed by atoms with E-state index in [0.29, 0.717) is 0 Å². The third kappa shape index (κ3) is 2.68. The van der Waals surface area contributed by atoms with Crippen LogP contribution >= 0.6 is 15.9 Å². The molecule has 9 heteroatoms. The van der Waals surface area contributed by atoms with Crippen LogP contribution in [0.3, 0.4) is 0 Å². The Labute approximate surface area is 75.0 Å². The van der Waals surface area contributed by atoms with E-state index in [1.807, 2.05) is 0 Å². The van der Waals surface area contributed by atoms with E-state index < -0.39 is 23.1 Å². The van der Waals surface area contributed by atoms with E-state index in [4.69, 9.17) is 0 Å². The highest BCUT2D eigenvalue weighted by atomic mass is 79.9. The van der Waals surface area contributed by atoms with Crippen LogP contribution in [0.15, 0.2) is 0 Å². The van der Waals surface area contributed by atoms with Crippen molar-refractivity contribution in [2.24, 2.45) is 0 Å². The molecule has 2 atom stereocenters. The first kappa shape index (κ1) is 12.9. The maximum absolute atomic E-state index is 12.2. The molecule has 0 saturated heterocycles. The molecule has 2 unspecified atom stereocenters. The third-order valence-electron chi connectivity index (χ3n) is 0.984. The van der Waals surface area contributed by atoms with Crippen molar-refractivity contribution in [3.63, 3.8) is 0 Å². The Morgan fingerprint density at radius 2 is 1.15 bits per heavy atom. The molecule has 0 aliphatic heterocycles. The van der Waals surface area contributed by atoms with Crippen molar-refractivity contribution < 1.29 is 35.1 Å². The Morgan fingerprint density at radius 1 is 0.846 bits per heavy atom. The van der Waals surface area contributed by atoms with Crippen LogP contribution in [0, 0.1) is 0 Å². The minimum absolute atomic E-state index is 1.02. The molecular weight excluding hydrogens is 280 g/mol. The van der Waals surface area contributed by atoms with Gasteiger partial charge in [-0.2, -0.15) is 26.3 Å². The summed E-state index contributed by atoms with van der Waals surface area (Å²) >= 11 is 1.02. The summed E-state index contributed by atoms with van der Waals surface area (Å²) in [5.41, 5.74) is 0. The van der Waals surface area contributed by atoms with Crippen LogP contribution in [0.5, 0.6) is 0 Å². The molecule has 0 saturated carbocycles. The Balaban J connectivity index is 4.86. The number of hydrogen-bond acceptors (Lipinski definition) is 0. The van der Waals surface area contributed by atoms with Gasteiger partial charge in [-0.15, -0.1) is 0 Å². The number of halogens is 9. The molecule has 0 N–H and O–H groups in total. The monoisotopic (exact) mass is 280 g/mol. The highest BCUT2D eigenvalue weighted by Gasteiger charge is 2.68. The minimum Gasteiger partial charge on any atom is -0.232 e. The van der Waals surface area contributed by atoms with Gasteiger partial charge in [0, 0.05) is 0 Å². The zero-order chi connectivity index (χ0) is 11.1. The molecule has 0 spiro atoms. The van der Waals surface area contributed by atoms with Crippen molar-refractivity contribution in [1.29, 1.82) is 0 Å². The maximum atomic E-state index is 12.2. The predicted molar refractivity (Wildman–Crippen MR) is 29.8 cm³/mol. The lowest BCUT2D eigenvalue weighted by Crippen LogP contribution is -2.50. The summed E-state index contributed by atoms with van der Waals surface area (Å²) in [7, 11) is 0. The van der Waals surface area contributed by atoms with Crippen molar-refractivity contribution in [3.8, 4) is 0 Å². The van der Waals surface area contributed by atoms with E-state index >= 15 is 0 Å². The molecule has 0 heterocycles. The Morgan fingerprint density at radius 3 is 1.23 bits per heavy atom.